The van der Waals surface area contributed by atoms with Gasteiger partial charge in [-0.25, -0.2) is 14.4 Å². The third-order valence-corrected chi connectivity index (χ3v) is 7.02. The number of hydrogen-bond acceptors (Lipinski definition) is 8. The smallest absolute Gasteiger partial charge is 0.235 e. The summed E-state index contributed by atoms with van der Waals surface area (Å²) in [5.41, 5.74) is 2.69. The Kier molecular flexibility index (Phi) is 8.48. The number of nitrogens with one attached hydrogen (secondary N) is 2. The first kappa shape index (κ1) is 25.3. The molecule has 0 saturated carbocycles. The fraction of sp³-hybridized carbons (Fsp3) is 0.440. The third kappa shape index (κ3) is 6.45. The molecule has 0 fully saturated rings. The van der Waals surface area contributed by atoms with Crippen molar-refractivity contribution < 1.29 is 13.9 Å². The van der Waals surface area contributed by atoms with Gasteiger partial charge in [0.2, 0.25) is 11.8 Å². The average Bonchev–Trinajstić information content (AvgIpc) is 2.86. The summed E-state index contributed by atoms with van der Waals surface area (Å²) in [4.78, 5) is 28.1. The van der Waals surface area contributed by atoms with E-state index in [9.17, 15) is 9.18 Å². The normalized spacial score (nSPS) is 14.1. The SMILES string of the molecule is CCN(CCc1c(F)cnc2ccc(OC)nc12)C[C@@H](C)CNCc1ccc2c(n1)NC(=O)CS2. The van der Waals surface area contributed by atoms with Crippen LogP contribution in [0.4, 0.5) is 10.2 Å². The molecule has 4 rings (SSSR count). The molecule has 2 N–H and O–H groups in total. The van der Waals surface area contributed by atoms with Crippen LogP contribution in [0.3, 0.4) is 0 Å². The largest absolute Gasteiger partial charge is 0.481 e. The maximum atomic E-state index is 14.6. The Morgan fingerprint density at radius 1 is 1.29 bits per heavy atom. The summed E-state index contributed by atoms with van der Waals surface area (Å²) in [7, 11) is 1.55. The van der Waals surface area contributed by atoms with E-state index < -0.39 is 0 Å². The quantitative estimate of drug-likeness (QED) is 0.415. The van der Waals surface area contributed by atoms with Crippen molar-refractivity contribution in [3.05, 3.63) is 47.5 Å². The Bertz CT molecular complexity index is 1190. The van der Waals surface area contributed by atoms with Crippen LogP contribution in [0.5, 0.6) is 5.88 Å². The minimum Gasteiger partial charge on any atom is -0.481 e. The minimum absolute atomic E-state index is 0.0112. The highest BCUT2D eigenvalue weighted by molar-refractivity contribution is 8.00. The van der Waals surface area contributed by atoms with Crippen molar-refractivity contribution in [2.75, 3.05) is 44.4 Å². The molecule has 1 atom stereocenters. The molecule has 35 heavy (non-hydrogen) atoms. The number of methoxy groups -OCH3 is 1. The summed E-state index contributed by atoms with van der Waals surface area (Å²) in [6.07, 6.45) is 1.81. The molecule has 1 aliphatic rings. The van der Waals surface area contributed by atoms with Gasteiger partial charge in [-0.2, -0.15) is 0 Å². The summed E-state index contributed by atoms with van der Waals surface area (Å²) in [5.74, 6) is 1.58. The molecule has 0 aromatic carbocycles. The molecule has 8 nitrogen and oxygen atoms in total. The number of carbonyl (C=O) groups excluding carboxylic acids is 1. The number of rotatable bonds is 11. The Labute approximate surface area is 209 Å². The molecule has 0 unspecified atom stereocenters. The maximum Gasteiger partial charge on any atom is 0.235 e. The number of carbonyl (C=O) groups is 1. The van der Waals surface area contributed by atoms with Gasteiger partial charge in [0.15, 0.2) is 0 Å². The van der Waals surface area contributed by atoms with Crippen molar-refractivity contribution in [1.29, 1.82) is 0 Å². The number of nitrogens with zero attached hydrogens (tertiary/aromatic N) is 4. The minimum atomic E-state index is -0.337. The van der Waals surface area contributed by atoms with Crippen LogP contribution in [0.15, 0.2) is 35.4 Å². The third-order valence-electron chi connectivity index (χ3n) is 5.98. The highest BCUT2D eigenvalue weighted by Crippen LogP contribution is 2.29. The molecular weight excluding hydrogens is 467 g/mol. The first-order valence-corrected chi connectivity index (χ1v) is 12.8. The lowest BCUT2D eigenvalue weighted by Crippen LogP contribution is -2.34. The van der Waals surface area contributed by atoms with Crippen LogP contribution in [-0.2, 0) is 17.8 Å². The summed E-state index contributed by atoms with van der Waals surface area (Å²) < 4.78 is 19.8. The van der Waals surface area contributed by atoms with E-state index in [4.69, 9.17) is 4.74 Å². The van der Waals surface area contributed by atoms with Crippen molar-refractivity contribution in [1.82, 2.24) is 25.2 Å². The second kappa shape index (κ2) is 11.7. The fourth-order valence-corrected chi connectivity index (χ4v) is 4.89. The highest BCUT2D eigenvalue weighted by Gasteiger charge is 2.17. The Hall–Kier alpha value is -2.82. The van der Waals surface area contributed by atoms with Gasteiger partial charge in [-0.1, -0.05) is 13.8 Å². The summed E-state index contributed by atoms with van der Waals surface area (Å²) >= 11 is 1.51. The summed E-state index contributed by atoms with van der Waals surface area (Å²) in [5, 5.41) is 6.30. The molecule has 4 heterocycles. The Morgan fingerprint density at radius 3 is 2.94 bits per heavy atom. The zero-order valence-electron chi connectivity index (χ0n) is 20.3. The molecule has 3 aromatic rings. The molecule has 10 heteroatoms. The van der Waals surface area contributed by atoms with Gasteiger partial charge >= 0.3 is 0 Å². The number of anilines is 1. The number of ether oxygens (including phenoxy) is 1. The zero-order valence-corrected chi connectivity index (χ0v) is 21.1. The van der Waals surface area contributed by atoms with E-state index in [0.717, 1.165) is 36.8 Å². The first-order chi connectivity index (χ1) is 17.0. The molecule has 0 saturated heterocycles. The standard InChI is InChI=1S/C25H31FN6O2S/c1-4-32(10-9-18-19(26)13-28-20-6-8-23(34-3)31-24(18)20)14-16(2)11-27-12-17-5-7-21-25(29-17)30-22(33)15-35-21/h5-8,13,16,27H,4,9-12,14-15H2,1-3H3,(H,29,30,33)/t16-/m0/s1. The van der Waals surface area contributed by atoms with Gasteiger partial charge in [-0.15, -0.1) is 11.8 Å². The van der Waals surface area contributed by atoms with Crippen LogP contribution >= 0.6 is 11.8 Å². The van der Waals surface area contributed by atoms with Gasteiger partial charge in [-0.3, -0.25) is 9.78 Å². The number of fused-ring (bicyclic) bond motifs is 2. The molecule has 186 valence electrons. The molecule has 1 amide bonds. The van der Waals surface area contributed by atoms with Gasteiger partial charge in [0.25, 0.3) is 0 Å². The number of aromatic nitrogens is 3. The van der Waals surface area contributed by atoms with Crippen LogP contribution in [0.2, 0.25) is 0 Å². The topological polar surface area (TPSA) is 92.3 Å². The maximum absolute atomic E-state index is 14.6. The molecular formula is C25H31FN6O2S. The molecule has 1 aliphatic heterocycles. The van der Waals surface area contributed by atoms with E-state index in [0.29, 0.717) is 52.9 Å². The van der Waals surface area contributed by atoms with E-state index in [1.807, 2.05) is 12.1 Å². The van der Waals surface area contributed by atoms with Gasteiger partial charge in [0.1, 0.15) is 11.6 Å². The number of hydrogen-bond donors (Lipinski definition) is 2. The van der Waals surface area contributed by atoms with Crippen molar-refractivity contribution in [2.24, 2.45) is 5.92 Å². The lowest BCUT2D eigenvalue weighted by Gasteiger charge is -2.25. The molecule has 0 radical (unpaired) electrons. The monoisotopic (exact) mass is 498 g/mol. The molecule has 0 spiro atoms. The summed E-state index contributed by atoms with van der Waals surface area (Å²) in [6.45, 7) is 8.24. The van der Waals surface area contributed by atoms with Crippen LogP contribution in [-0.4, -0.2) is 64.8 Å². The van der Waals surface area contributed by atoms with Crippen molar-refractivity contribution in [3.8, 4) is 5.88 Å². The number of thioether (sulfide) groups is 1. The van der Waals surface area contributed by atoms with E-state index in [-0.39, 0.29) is 11.7 Å². The van der Waals surface area contributed by atoms with Crippen molar-refractivity contribution >= 4 is 34.5 Å². The van der Waals surface area contributed by atoms with Crippen molar-refractivity contribution in [2.45, 2.75) is 31.7 Å². The van der Waals surface area contributed by atoms with Crippen LogP contribution in [0, 0.1) is 11.7 Å². The fourth-order valence-electron chi connectivity index (χ4n) is 4.13. The van der Waals surface area contributed by atoms with E-state index >= 15 is 0 Å². The van der Waals surface area contributed by atoms with Gasteiger partial charge in [0, 0.05) is 31.3 Å². The average molecular weight is 499 g/mol. The van der Waals surface area contributed by atoms with Gasteiger partial charge in [0.05, 0.1) is 40.7 Å². The number of amides is 1. The highest BCUT2D eigenvalue weighted by atomic mass is 32.2. The first-order valence-electron chi connectivity index (χ1n) is 11.8. The summed E-state index contributed by atoms with van der Waals surface area (Å²) in [6, 6.07) is 7.55. The van der Waals surface area contributed by atoms with E-state index in [1.165, 1.54) is 18.0 Å². The van der Waals surface area contributed by atoms with E-state index in [1.54, 1.807) is 19.2 Å². The lowest BCUT2D eigenvalue weighted by molar-refractivity contribution is -0.113. The van der Waals surface area contributed by atoms with Gasteiger partial charge in [-0.05, 0) is 43.6 Å². The number of pyridine rings is 3. The van der Waals surface area contributed by atoms with Crippen LogP contribution in [0.25, 0.3) is 11.0 Å². The van der Waals surface area contributed by atoms with Gasteiger partial charge < -0.3 is 20.3 Å². The second-order valence-corrected chi connectivity index (χ2v) is 9.69. The molecule has 3 aromatic heterocycles. The second-order valence-electron chi connectivity index (χ2n) is 8.67. The van der Waals surface area contributed by atoms with Crippen LogP contribution < -0.4 is 15.4 Å². The lowest BCUT2D eigenvalue weighted by atomic mass is 10.1. The number of likely N-dealkylation sites (N-methyl/N-ethyl adjacent to an activating group) is 1. The predicted octanol–water partition coefficient (Wildman–Crippen LogP) is 3.51. The Morgan fingerprint density at radius 2 is 2.14 bits per heavy atom. The van der Waals surface area contributed by atoms with Crippen LogP contribution in [0.1, 0.15) is 25.1 Å². The number of halogens is 1. The molecule has 0 bridgehead atoms. The van der Waals surface area contributed by atoms with E-state index in [2.05, 4.69) is 44.3 Å². The zero-order chi connectivity index (χ0) is 24.8. The van der Waals surface area contributed by atoms with Crippen molar-refractivity contribution in [3.63, 3.8) is 0 Å². The molecule has 0 aliphatic carbocycles. The predicted molar refractivity (Wildman–Crippen MR) is 136 cm³/mol. The Balaban J connectivity index is 1.29.